The second kappa shape index (κ2) is 3.63. The van der Waals surface area contributed by atoms with E-state index in [2.05, 4.69) is 17.7 Å². The topological polar surface area (TPSA) is 3.24 Å². The molecule has 1 unspecified atom stereocenters. The van der Waals surface area contributed by atoms with Gasteiger partial charge in [-0.3, -0.25) is 4.90 Å². The van der Waals surface area contributed by atoms with Crippen LogP contribution in [-0.2, 0) is 0 Å². The zero-order valence-electron chi connectivity index (χ0n) is 6.64. The van der Waals surface area contributed by atoms with Crippen LogP contribution in [0.5, 0.6) is 0 Å². The molecule has 0 N–H and O–H groups in total. The summed E-state index contributed by atoms with van der Waals surface area (Å²) in [6.07, 6.45) is 9.25. The van der Waals surface area contributed by atoms with Gasteiger partial charge in [-0.2, -0.15) is 0 Å². The molecule has 0 bridgehead atoms. The predicted molar refractivity (Wildman–Crippen MR) is 43.7 cm³/mol. The van der Waals surface area contributed by atoms with Crippen LogP contribution in [0.15, 0.2) is 0 Å². The monoisotopic (exact) mass is 137 g/mol. The summed E-state index contributed by atoms with van der Waals surface area (Å²) in [4.78, 5) is 2.38. The molecule has 0 radical (unpaired) electrons. The Morgan fingerprint density at radius 3 is 3.00 bits per heavy atom. The van der Waals surface area contributed by atoms with Crippen molar-refractivity contribution in [3.63, 3.8) is 0 Å². The van der Waals surface area contributed by atoms with Gasteiger partial charge in [-0.1, -0.05) is 12.3 Å². The van der Waals surface area contributed by atoms with E-state index in [1.54, 1.807) is 0 Å². The average Bonchev–Trinajstić information content (AvgIpc) is 1.94. The van der Waals surface area contributed by atoms with Crippen molar-refractivity contribution in [1.82, 2.24) is 4.90 Å². The van der Waals surface area contributed by atoms with Crippen molar-refractivity contribution >= 4 is 0 Å². The molecule has 0 spiro atoms. The van der Waals surface area contributed by atoms with Gasteiger partial charge in [0.25, 0.3) is 0 Å². The maximum Gasteiger partial charge on any atom is 0.0601 e. The highest BCUT2D eigenvalue weighted by atomic mass is 15.1. The van der Waals surface area contributed by atoms with E-state index in [4.69, 9.17) is 6.42 Å². The van der Waals surface area contributed by atoms with Crippen LogP contribution < -0.4 is 0 Å². The lowest BCUT2D eigenvalue weighted by molar-refractivity contribution is 0.182. The third-order valence-electron chi connectivity index (χ3n) is 2.23. The normalized spacial score (nSPS) is 27.8. The van der Waals surface area contributed by atoms with Gasteiger partial charge >= 0.3 is 0 Å². The van der Waals surface area contributed by atoms with Crippen molar-refractivity contribution in [2.75, 3.05) is 13.1 Å². The zero-order chi connectivity index (χ0) is 7.40. The fraction of sp³-hybridized carbons (Fsp3) is 0.778. The number of hydrogen-bond acceptors (Lipinski definition) is 1. The molecule has 1 heteroatoms. The number of likely N-dealkylation sites (tertiary alicyclic amines) is 1. The molecular weight excluding hydrogens is 122 g/mol. The quantitative estimate of drug-likeness (QED) is 0.495. The number of hydrogen-bond donors (Lipinski definition) is 0. The molecule has 1 fully saturated rings. The summed E-state index contributed by atoms with van der Waals surface area (Å²) >= 11 is 0. The van der Waals surface area contributed by atoms with E-state index in [9.17, 15) is 0 Å². The van der Waals surface area contributed by atoms with Gasteiger partial charge in [-0.05, 0) is 26.3 Å². The Hall–Kier alpha value is -0.480. The Kier molecular flexibility index (Phi) is 2.77. The van der Waals surface area contributed by atoms with E-state index in [-0.39, 0.29) is 0 Å². The maximum atomic E-state index is 5.23. The molecule has 0 saturated carbocycles. The van der Waals surface area contributed by atoms with Crippen LogP contribution in [0.4, 0.5) is 0 Å². The fourth-order valence-corrected chi connectivity index (χ4v) is 1.51. The molecule has 1 aliphatic heterocycles. The summed E-state index contributed by atoms with van der Waals surface area (Å²) in [6, 6.07) is 0.713. The van der Waals surface area contributed by atoms with Crippen molar-refractivity contribution in [3.05, 3.63) is 0 Å². The van der Waals surface area contributed by atoms with E-state index in [1.807, 2.05) is 0 Å². The average molecular weight is 137 g/mol. The molecular formula is C9H15N. The summed E-state index contributed by atoms with van der Waals surface area (Å²) in [5, 5.41) is 0. The number of rotatable bonds is 1. The third-order valence-corrected chi connectivity index (χ3v) is 2.23. The fourth-order valence-electron chi connectivity index (χ4n) is 1.51. The smallest absolute Gasteiger partial charge is 0.0601 e. The van der Waals surface area contributed by atoms with Crippen LogP contribution in [0.3, 0.4) is 0 Å². The Morgan fingerprint density at radius 1 is 1.60 bits per heavy atom. The minimum Gasteiger partial charge on any atom is -0.290 e. The Balaban J connectivity index is 2.34. The summed E-state index contributed by atoms with van der Waals surface area (Å²) in [7, 11) is 0. The van der Waals surface area contributed by atoms with Crippen LogP contribution >= 0.6 is 0 Å². The molecule has 0 aromatic rings. The second-order valence-corrected chi connectivity index (χ2v) is 3.02. The molecule has 56 valence electrons. The van der Waals surface area contributed by atoms with Crippen LogP contribution in [0, 0.1) is 12.3 Å². The Bertz CT molecular complexity index is 134. The van der Waals surface area contributed by atoms with Gasteiger partial charge in [0.1, 0.15) is 0 Å². The first-order valence-corrected chi connectivity index (χ1v) is 4.02. The van der Waals surface area contributed by atoms with E-state index in [0.29, 0.717) is 6.04 Å². The summed E-state index contributed by atoms with van der Waals surface area (Å²) in [5.74, 6) is 2.69. The highest BCUT2D eigenvalue weighted by Gasteiger charge is 2.15. The van der Waals surface area contributed by atoms with Crippen molar-refractivity contribution in [3.8, 4) is 12.3 Å². The summed E-state index contributed by atoms with van der Waals surface area (Å²) in [5.41, 5.74) is 0. The summed E-state index contributed by atoms with van der Waals surface area (Å²) in [6.45, 7) is 4.29. The van der Waals surface area contributed by atoms with E-state index < -0.39 is 0 Å². The molecule has 10 heavy (non-hydrogen) atoms. The van der Waals surface area contributed by atoms with Gasteiger partial charge in [-0.25, -0.2) is 0 Å². The van der Waals surface area contributed by atoms with Crippen LogP contribution in [-0.4, -0.2) is 24.0 Å². The number of piperidine rings is 1. The van der Waals surface area contributed by atoms with Gasteiger partial charge in [0.05, 0.1) is 6.54 Å². The highest BCUT2D eigenvalue weighted by molar-refractivity contribution is 4.90. The largest absolute Gasteiger partial charge is 0.290 e. The van der Waals surface area contributed by atoms with Gasteiger partial charge in [0.2, 0.25) is 0 Å². The molecule has 0 aliphatic carbocycles. The Labute approximate surface area is 63.4 Å². The van der Waals surface area contributed by atoms with Crippen molar-refractivity contribution in [1.29, 1.82) is 0 Å². The molecule has 1 rings (SSSR count). The van der Waals surface area contributed by atoms with Gasteiger partial charge in [0, 0.05) is 6.04 Å². The predicted octanol–water partition coefficient (Wildman–Crippen LogP) is 1.49. The maximum absolute atomic E-state index is 5.23. The van der Waals surface area contributed by atoms with Gasteiger partial charge < -0.3 is 0 Å². The lowest BCUT2D eigenvalue weighted by Crippen LogP contribution is -2.37. The van der Waals surface area contributed by atoms with Gasteiger partial charge in [0.15, 0.2) is 0 Å². The summed E-state index contributed by atoms with van der Waals surface area (Å²) < 4.78 is 0. The lowest BCUT2D eigenvalue weighted by atomic mass is 10.0. The van der Waals surface area contributed by atoms with E-state index >= 15 is 0 Å². The molecule has 0 aromatic carbocycles. The van der Waals surface area contributed by atoms with E-state index in [0.717, 1.165) is 6.54 Å². The third kappa shape index (κ3) is 1.75. The lowest BCUT2D eigenvalue weighted by Gasteiger charge is -2.31. The van der Waals surface area contributed by atoms with Gasteiger partial charge in [-0.15, -0.1) is 6.42 Å². The first kappa shape index (κ1) is 7.63. The first-order chi connectivity index (χ1) is 4.84. The van der Waals surface area contributed by atoms with E-state index in [1.165, 1.54) is 25.8 Å². The Morgan fingerprint density at radius 2 is 2.40 bits per heavy atom. The van der Waals surface area contributed by atoms with Crippen LogP contribution in [0.25, 0.3) is 0 Å². The minimum absolute atomic E-state index is 0.713. The highest BCUT2D eigenvalue weighted by Crippen LogP contribution is 2.14. The first-order valence-electron chi connectivity index (χ1n) is 4.02. The zero-order valence-corrected chi connectivity index (χ0v) is 6.64. The molecule has 1 heterocycles. The molecule has 1 saturated heterocycles. The minimum atomic E-state index is 0.713. The van der Waals surface area contributed by atoms with Crippen molar-refractivity contribution in [2.45, 2.75) is 32.2 Å². The van der Waals surface area contributed by atoms with Crippen LogP contribution in [0.1, 0.15) is 26.2 Å². The van der Waals surface area contributed by atoms with Crippen LogP contribution in [0.2, 0.25) is 0 Å². The van der Waals surface area contributed by atoms with Crippen molar-refractivity contribution < 1.29 is 0 Å². The molecule has 0 amide bonds. The number of nitrogens with zero attached hydrogens (tertiary/aromatic N) is 1. The van der Waals surface area contributed by atoms with Crippen molar-refractivity contribution in [2.24, 2.45) is 0 Å². The standard InChI is InChI=1S/C9H15N/c1-3-7-10-8-5-4-6-9(10)2/h1,9H,4-8H2,2H3. The number of terminal acetylenes is 1. The SMILES string of the molecule is C#CCN1CCCCC1C. The molecule has 0 aromatic heterocycles. The molecule has 1 aliphatic rings. The second-order valence-electron chi connectivity index (χ2n) is 3.02. The molecule has 1 nitrogen and oxygen atoms in total. The molecule has 1 atom stereocenters.